The first-order valence-corrected chi connectivity index (χ1v) is 6.95. The van der Waals surface area contributed by atoms with Crippen molar-refractivity contribution in [2.24, 2.45) is 0 Å². The first-order valence-electron chi connectivity index (χ1n) is 6.58. The average molecular weight is 272 g/mol. The van der Waals surface area contributed by atoms with Gasteiger partial charge >= 0.3 is 0 Å². The van der Waals surface area contributed by atoms with E-state index in [1.54, 1.807) is 7.11 Å². The van der Waals surface area contributed by atoms with Crippen LogP contribution in [0.15, 0.2) is 6.33 Å². The first-order chi connectivity index (χ1) is 8.79. The Labute approximate surface area is 114 Å². The van der Waals surface area contributed by atoms with Gasteiger partial charge in [-0.25, -0.2) is 9.97 Å². The van der Waals surface area contributed by atoms with Crippen molar-refractivity contribution in [3.8, 4) is 5.75 Å². The molecule has 0 fully saturated rings. The lowest BCUT2D eigenvalue weighted by Crippen LogP contribution is -2.06. The second-order valence-corrected chi connectivity index (χ2v) is 4.60. The molecule has 0 saturated heterocycles. The van der Waals surface area contributed by atoms with Gasteiger partial charge in [-0.15, -0.1) is 0 Å². The van der Waals surface area contributed by atoms with Crippen molar-refractivity contribution in [1.29, 1.82) is 0 Å². The van der Waals surface area contributed by atoms with Gasteiger partial charge in [0.1, 0.15) is 6.33 Å². The fourth-order valence-electron chi connectivity index (χ4n) is 1.77. The minimum absolute atomic E-state index is 0.345. The van der Waals surface area contributed by atoms with Gasteiger partial charge in [-0.1, -0.05) is 50.6 Å². The van der Waals surface area contributed by atoms with Crippen molar-refractivity contribution in [2.45, 2.75) is 45.4 Å². The van der Waals surface area contributed by atoms with Gasteiger partial charge < -0.3 is 10.1 Å². The van der Waals surface area contributed by atoms with Crippen LogP contribution in [0.3, 0.4) is 0 Å². The lowest BCUT2D eigenvalue weighted by Gasteiger charge is -2.10. The molecule has 1 N–H and O–H groups in total. The summed E-state index contributed by atoms with van der Waals surface area (Å²) >= 11 is 5.91. The summed E-state index contributed by atoms with van der Waals surface area (Å²) in [4.78, 5) is 8.00. The van der Waals surface area contributed by atoms with Crippen molar-refractivity contribution >= 4 is 17.4 Å². The molecule has 1 aromatic heterocycles. The Morgan fingerprint density at radius 1 is 1.17 bits per heavy atom. The largest absolute Gasteiger partial charge is 0.490 e. The second kappa shape index (κ2) is 8.97. The van der Waals surface area contributed by atoms with Crippen LogP contribution in [0, 0.1) is 0 Å². The highest BCUT2D eigenvalue weighted by Crippen LogP contribution is 2.28. The van der Waals surface area contributed by atoms with E-state index in [1.165, 1.54) is 38.4 Å². The maximum atomic E-state index is 5.91. The number of ether oxygens (including phenoxy) is 1. The molecule has 1 rings (SSSR count). The normalized spacial score (nSPS) is 10.4. The fourth-order valence-corrected chi connectivity index (χ4v) is 1.98. The Bertz CT molecular complexity index is 347. The van der Waals surface area contributed by atoms with E-state index in [0.717, 1.165) is 13.0 Å². The van der Waals surface area contributed by atoms with Crippen LogP contribution in [0.25, 0.3) is 0 Å². The number of rotatable bonds is 9. The van der Waals surface area contributed by atoms with Crippen molar-refractivity contribution in [3.63, 3.8) is 0 Å². The molecule has 0 aliphatic rings. The van der Waals surface area contributed by atoms with Crippen molar-refractivity contribution in [3.05, 3.63) is 11.5 Å². The molecule has 0 atom stereocenters. The Morgan fingerprint density at radius 2 is 1.89 bits per heavy atom. The monoisotopic (exact) mass is 271 g/mol. The summed E-state index contributed by atoms with van der Waals surface area (Å²) in [7, 11) is 1.57. The summed E-state index contributed by atoms with van der Waals surface area (Å²) in [5, 5.41) is 3.58. The third-order valence-electron chi connectivity index (χ3n) is 2.79. The van der Waals surface area contributed by atoms with Gasteiger partial charge in [0.2, 0.25) is 0 Å². The molecule has 0 saturated carbocycles. The highest BCUT2D eigenvalue weighted by atomic mass is 35.5. The minimum atomic E-state index is 0.345. The van der Waals surface area contributed by atoms with Crippen LogP contribution >= 0.6 is 11.6 Å². The van der Waals surface area contributed by atoms with E-state index in [0.29, 0.717) is 16.7 Å². The lowest BCUT2D eigenvalue weighted by atomic mass is 10.1. The van der Waals surface area contributed by atoms with Crippen LogP contribution in [0.1, 0.15) is 45.4 Å². The van der Waals surface area contributed by atoms with Crippen molar-refractivity contribution in [2.75, 3.05) is 19.0 Å². The zero-order valence-electron chi connectivity index (χ0n) is 11.2. The maximum absolute atomic E-state index is 5.91. The van der Waals surface area contributed by atoms with Gasteiger partial charge in [0.25, 0.3) is 0 Å². The summed E-state index contributed by atoms with van der Waals surface area (Å²) < 4.78 is 5.17. The summed E-state index contributed by atoms with van der Waals surface area (Å²) in [6.45, 7) is 3.11. The predicted octanol–water partition coefficient (Wildman–Crippen LogP) is 3.91. The van der Waals surface area contributed by atoms with Crippen LogP contribution in [0.4, 0.5) is 5.82 Å². The molecule has 102 valence electrons. The van der Waals surface area contributed by atoms with E-state index < -0.39 is 0 Å². The zero-order chi connectivity index (χ0) is 13.2. The standard InChI is InChI=1S/C13H22ClN3O/c1-3-4-5-6-7-8-9-15-13-11(18-2)12(14)16-10-17-13/h10H,3-9H2,1-2H3,(H,15,16,17). The summed E-state index contributed by atoms with van der Waals surface area (Å²) in [5.41, 5.74) is 0. The lowest BCUT2D eigenvalue weighted by molar-refractivity contribution is 0.413. The smallest absolute Gasteiger partial charge is 0.198 e. The number of nitrogens with one attached hydrogen (secondary N) is 1. The van der Waals surface area contributed by atoms with E-state index in [1.807, 2.05) is 0 Å². The Morgan fingerprint density at radius 3 is 2.61 bits per heavy atom. The van der Waals surface area contributed by atoms with Crippen LogP contribution in [0.2, 0.25) is 5.15 Å². The predicted molar refractivity (Wildman–Crippen MR) is 75.5 cm³/mol. The average Bonchev–Trinajstić information content (AvgIpc) is 2.38. The van der Waals surface area contributed by atoms with Gasteiger partial charge in [0.15, 0.2) is 16.7 Å². The van der Waals surface area contributed by atoms with Crippen LogP contribution < -0.4 is 10.1 Å². The van der Waals surface area contributed by atoms with Gasteiger partial charge in [-0.05, 0) is 6.42 Å². The quantitative estimate of drug-likeness (QED) is 0.546. The maximum Gasteiger partial charge on any atom is 0.198 e. The molecule has 0 aliphatic carbocycles. The number of nitrogens with zero attached hydrogens (tertiary/aromatic N) is 2. The third kappa shape index (κ3) is 5.08. The second-order valence-electron chi connectivity index (χ2n) is 4.24. The molecule has 4 nitrogen and oxygen atoms in total. The summed E-state index contributed by atoms with van der Waals surface area (Å²) in [5.74, 6) is 1.19. The van der Waals surface area contributed by atoms with E-state index in [9.17, 15) is 0 Å². The zero-order valence-corrected chi connectivity index (χ0v) is 12.0. The molecule has 0 amide bonds. The van der Waals surface area contributed by atoms with Gasteiger partial charge in [-0.2, -0.15) is 0 Å². The highest BCUT2D eigenvalue weighted by molar-refractivity contribution is 6.31. The van der Waals surface area contributed by atoms with E-state index in [2.05, 4.69) is 22.2 Å². The van der Waals surface area contributed by atoms with Gasteiger partial charge in [0, 0.05) is 6.54 Å². The van der Waals surface area contributed by atoms with E-state index in [-0.39, 0.29) is 0 Å². The first kappa shape index (κ1) is 15.0. The van der Waals surface area contributed by atoms with Gasteiger partial charge in [-0.3, -0.25) is 0 Å². The number of hydrogen-bond acceptors (Lipinski definition) is 4. The number of unbranched alkanes of at least 4 members (excludes halogenated alkanes) is 5. The van der Waals surface area contributed by atoms with E-state index in [4.69, 9.17) is 16.3 Å². The number of hydrogen-bond donors (Lipinski definition) is 1. The van der Waals surface area contributed by atoms with Crippen LogP contribution in [0.5, 0.6) is 5.75 Å². The molecular weight excluding hydrogens is 250 g/mol. The number of anilines is 1. The van der Waals surface area contributed by atoms with Crippen molar-refractivity contribution < 1.29 is 4.74 Å². The van der Waals surface area contributed by atoms with Crippen LogP contribution in [-0.4, -0.2) is 23.6 Å². The number of methoxy groups -OCH3 is 1. The molecule has 0 radical (unpaired) electrons. The molecule has 18 heavy (non-hydrogen) atoms. The molecule has 0 aromatic carbocycles. The van der Waals surface area contributed by atoms with Crippen molar-refractivity contribution in [1.82, 2.24) is 9.97 Å². The Balaban J connectivity index is 2.25. The number of halogens is 1. The molecule has 1 heterocycles. The summed E-state index contributed by atoms with van der Waals surface area (Å²) in [6.07, 6.45) is 9.07. The van der Waals surface area contributed by atoms with Gasteiger partial charge in [0.05, 0.1) is 7.11 Å². The topological polar surface area (TPSA) is 47.0 Å². The highest BCUT2D eigenvalue weighted by Gasteiger charge is 2.08. The third-order valence-corrected chi connectivity index (χ3v) is 3.06. The molecule has 1 aromatic rings. The molecule has 0 bridgehead atoms. The molecule has 0 aliphatic heterocycles. The minimum Gasteiger partial charge on any atom is -0.490 e. The van der Waals surface area contributed by atoms with Crippen LogP contribution in [-0.2, 0) is 0 Å². The molecule has 0 unspecified atom stereocenters. The molecular formula is C13H22ClN3O. The van der Waals surface area contributed by atoms with E-state index >= 15 is 0 Å². The summed E-state index contributed by atoms with van der Waals surface area (Å²) in [6, 6.07) is 0. The Kier molecular flexibility index (Phi) is 7.49. The number of aromatic nitrogens is 2. The SMILES string of the molecule is CCCCCCCCNc1ncnc(Cl)c1OC. The molecule has 5 heteroatoms. The Hall–Kier alpha value is -1.03. The molecule has 0 spiro atoms. The fraction of sp³-hybridized carbons (Fsp3) is 0.692.